The van der Waals surface area contributed by atoms with Crippen LogP contribution in [0.3, 0.4) is 0 Å². The van der Waals surface area contributed by atoms with Crippen LogP contribution in [-0.4, -0.2) is 41.1 Å². The molecule has 2 N–H and O–H groups in total. The third-order valence-corrected chi connectivity index (χ3v) is 5.49. The minimum atomic E-state index is -4.58. The van der Waals surface area contributed by atoms with Gasteiger partial charge in [0.25, 0.3) is 5.91 Å². The summed E-state index contributed by atoms with van der Waals surface area (Å²) in [5, 5.41) is 9.81. The molecule has 2 aromatic heterocycles. The molecule has 8 nitrogen and oxygen atoms in total. The zero-order valence-electron chi connectivity index (χ0n) is 17.5. The Bertz CT molecular complexity index is 1170. The molecule has 0 aliphatic carbocycles. The van der Waals surface area contributed by atoms with Crippen LogP contribution in [0.4, 0.5) is 24.8 Å². The second kappa shape index (κ2) is 8.81. The number of hydrogen-bond acceptors (Lipinski definition) is 6. The van der Waals surface area contributed by atoms with Gasteiger partial charge in [0, 0.05) is 12.6 Å². The van der Waals surface area contributed by atoms with Gasteiger partial charge in [0.2, 0.25) is 0 Å². The fraction of sp³-hybridized carbons (Fsp3) is 0.286. The number of hydrogen-bond donors (Lipinski definition) is 2. The van der Waals surface area contributed by atoms with Crippen molar-refractivity contribution < 1.29 is 27.4 Å². The predicted octanol–water partition coefficient (Wildman–Crippen LogP) is 4.86. The molecular weight excluding hydrogens is 463 g/mol. The maximum absolute atomic E-state index is 13.9. The maximum atomic E-state index is 13.9. The van der Waals surface area contributed by atoms with Crippen LogP contribution in [0.2, 0.25) is 5.02 Å². The number of benzene rings is 1. The number of nitrogens with one attached hydrogen (secondary N) is 2. The number of pyridine rings is 1. The summed E-state index contributed by atoms with van der Waals surface area (Å²) >= 11 is 5.79. The van der Waals surface area contributed by atoms with E-state index in [0.717, 1.165) is 10.9 Å². The number of amides is 1. The van der Waals surface area contributed by atoms with Gasteiger partial charge >= 0.3 is 6.18 Å². The summed E-state index contributed by atoms with van der Waals surface area (Å²) in [7, 11) is 2.91. The Morgan fingerprint density at radius 2 is 1.94 bits per heavy atom. The van der Waals surface area contributed by atoms with Gasteiger partial charge in [-0.1, -0.05) is 17.7 Å². The van der Waals surface area contributed by atoms with Gasteiger partial charge in [0.15, 0.2) is 17.5 Å². The number of rotatable bonds is 5. The van der Waals surface area contributed by atoms with E-state index in [4.69, 9.17) is 21.1 Å². The number of ether oxygens (including phenoxy) is 2. The van der Waals surface area contributed by atoms with Crippen LogP contribution in [0.15, 0.2) is 42.7 Å². The Balaban J connectivity index is 1.69. The van der Waals surface area contributed by atoms with Crippen molar-refractivity contribution >= 4 is 29.1 Å². The highest BCUT2D eigenvalue weighted by atomic mass is 35.5. The van der Waals surface area contributed by atoms with E-state index in [1.807, 2.05) is 0 Å². The van der Waals surface area contributed by atoms with E-state index in [1.54, 1.807) is 18.2 Å². The molecule has 12 heteroatoms. The summed E-state index contributed by atoms with van der Waals surface area (Å²) in [5.41, 5.74) is 0.492. The SMILES string of the molecule is COc1ccc([C@H]2C[C@@H](C(F)(F)F)n3ncc(C(=O)Nc4ccc(Cl)cn4)c3N2)cc1OC. The fourth-order valence-corrected chi connectivity index (χ4v) is 3.76. The third kappa shape index (κ3) is 4.54. The van der Waals surface area contributed by atoms with E-state index in [1.165, 1.54) is 32.5 Å². The summed E-state index contributed by atoms with van der Waals surface area (Å²) in [6.07, 6.45) is -2.46. The molecule has 1 aliphatic heterocycles. The third-order valence-electron chi connectivity index (χ3n) is 5.26. The van der Waals surface area contributed by atoms with Crippen molar-refractivity contribution in [3.63, 3.8) is 0 Å². The second-order valence-corrected chi connectivity index (χ2v) is 7.71. The molecule has 0 saturated carbocycles. The van der Waals surface area contributed by atoms with Gasteiger partial charge in [-0.05, 0) is 29.8 Å². The van der Waals surface area contributed by atoms with Crippen LogP contribution in [-0.2, 0) is 0 Å². The smallest absolute Gasteiger partial charge is 0.410 e. The average Bonchev–Trinajstić information content (AvgIpc) is 3.22. The Kier molecular flexibility index (Phi) is 6.07. The Labute approximate surface area is 191 Å². The first-order chi connectivity index (χ1) is 15.7. The Morgan fingerprint density at radius 1 is 1.18 bits per heavy atom. The molecule has 1 aromatic carbocycles. The van der Waals surface area contributed by atoms with Crippen molar-refractivity contribution in [3.8, 4) is 11.5 Å². The highest BCUT2D eigenvalue weighted by Gasteiger charge is 2.47. The second-order valence-electron chi connectivity index (χ2n) is 7.27. The largest absolute Gasteiger partial charge is 0.493 e. The molecular formula is C21H19ClF3N5O3. The van der Waals surface area contributed by atoms with Gasteiger partial charge in [-0.15, -0.1) is 0 Å². The summed E-state index contributed by atoms with van der Waals surface area (Å²) in [6, 6.07) is 5.19. The lowest BCUT2D eigenvalue weighted by Crippen LogP contribution is -2.36. The molecule has 0 spiro atoms. The van der Waals surface area contributed by atoms with E-state index in [0.29, 0.717) is 22.1 Å². The number of fused-ring (bicyclic) bond motifs is 1. The molecule has 33 heavy (non-hydrogen) atoms. The number of alkyl halides is 3. The number of anilines is 2. The topological polar surface area (TPSA) is 90.3 Å². The summed E-state index contributed by atoms with van der Waals surface area (Å²) < 4.78 is 53.0. The molecule has 0 saturated heterocycles. The molecule has 0 fully saturated rings. The number of carbonyl (C=O) groups excluding carboxylic acids is 1. The molecule has 1 amide bonds. The number of halogens is 4. The first-order valence-electron chi connectivity index (χ1n) is 9.77. The first kappa shape index (κ1) is 22.7. The number of aromatic nitrogens is 3. The van der Waals surface area contributed by atoms with Crippen LogP contribution in [0.1, 0.15) is 34.4 Å². The normalized spacial score (nSPS) is 17.6. The van der Waals surface area contributed by atoms with Crippen LogP contribution >= 0.6 is 11.6 Å². The van der Waals surface area contributed by atoms with E-state index in [-0.39, 0.29) is 23.6 Å². The number of nitrogens with zero attached hydrogens (tertiary/aromatic N) is 3. The van der Waals surface area contributed by atoms with Gasteiger partial charge in [-0.3, -0.25) is 4.79 Å². The Morgan fingerprint density at radius 3 is 2.58 bits per heavy atom. The van der Waals surface area contributed by atoms with Crippen molar-refractivity contribution in [1.29, 1.82) is 0 Å². The van der Waals surface area contributed by atoms with E-state index in [9.17, 15) is 18.0 Å². The molecule has 4 rings (SSSR count). The van der Waals surface area contributed by atoms with Gasteiger partial charge in [0.1, 0.15) is 17.2 Å². The van der Waals surface area contributed by atoms with Gasteiger partial charge in [-0.2, -0.15) is 18.3 Å². The van der Waals surface area contributed by atoms with Crippen LogP contribution < -0.4 is 20.1 Å². The molecule has 2 atom stereocenters. The lowest BCUT2D eigenvalue weighted by molar-refractivity contribution is -0.173. The van der Waals surface area contributed by atoms with Crippen LogP contribution in [0.5, 0.6) is 11.5 Å². The lowest BCUT2D eigenvalue weighted by atomic mass is 9.96. The molecule has 174 valence electrons. The monoisotopic (exact) mass is 481 g/mol. The quantitative estimate of drug-likeness (QED) is 0.541. The molecule has 0 bridgehead atoms. The standard InChI is InChI=1S/C21H19ClF3N5O3/c1-32-15-5-3-11(7-16(15)33-2)14-8-17(21(23,24)25)30-19(28-14)13(10-27-30)20(31)29-18-6-4-12(22)9-26-18/h3-7,9-10,14,17,28H,8H2,1-2H3,(H,26,29,31)/t14-,17+/m1/s1. The summed E-state index contributed by atoms with van der Waals surface area (Å²) in [6.45, 7) is 0. The maximum Gasteiger partial charge on any atom is 0.410 e. The van der Waals surface area contributed by atoms with Gasteiger partial charge < -0.3 is 20.1 Å². The minimum absolute atomic E-state index is 0.0465. The summed E-state index contributed by atoms with van der Waals surface area (Å²) in [5.74, 6) is 0.322. The highest BCUT2D eigenvalue weighted by molar-refractivity contribution is 6.30. The van der Waals surface area contributed by atoms with E-state index in [2.05, 4.69) is 20.7 Å². The van der Waals surface area contributed by atoms with Crippen molar-refractivity contribution in [2.75, 3.05) is 24.9 Å². The number of carbonyl (C=O) groups is 1. The van der Waals surface area contributed by atoms with Crippen LogP contribution in [0.25, 0.3) is 0 Å². The van der Waals surface area contributed by atoms with Gasteiger partial charge in [-0.25, -0.2) is 9.67 Å². The van der Waals surface area contributed by atoms with Crippen LogP contribution in [0, 0.1) is 0 Å². The molecule has 0 radical (unpaired) electrons. The zero-order valence-corrected chi connectivity index (χ0v) is 18.2. The molecule has 3 heterocycles. The van der Waals surface area contributed by atoms with E-state index < -0.39 is 24.2 Å². The van der Waals surface area contributed by atoms with Crippen molar-refractivity contribution in [2.45, 2.75) is 24.7 Å². The summed E-state index contributed by atoms with van der Waals surface area (Å²) in [4.78, 5) is 16.8. The predicted molar refractivity (Wildman–Crippen MR) is 115 cm³/mol. The van der Waals surface area contributed by atoms with Gasteiger partial charge in [0.05, 0.1) is 31.5 Å². The minimum Gasteiger partial charge on any atom is -0.493 e. The Hall–Kier alpha value is -3.47. The van der Waals surface area contributed by atoms with Crippen molar-refractivity contribution in [2.24, 2.45) is 0 Å². The molecule has 1 aliphatic rings. The number of methoxy groups -OCH3 is 2. The molecule has 0 unspecified atom stereocenters. The fourth-order valence-electron chi connectivity index (χ4n) is 3.65. The van der Waals surface area contributed by atoms with Crippen molar-refractivity contribution in [1.82, 2.24) is 14.8 Å². The van der Waals surface area contributed by atoms with Crippen molar-refractivity contribution in [3.05, 3.63) is 58.9 Å². The average molecular weight is 482 g/mol. The highest BCUT2D eigenvalue weighted by Crippen LogP contribution is 2.45. The van der Waals surface area contributed by atoms with E-state index >= 15 is 0 Å². The first-order valence-corrected chi connectivity index (χ1v) is 10.1. The zero-order chi connectivity index (χ0) is 23.8. The lowest BCUT2D eigenvalue weighted by Gasteiger charge is -2.34. The molecule has 3 aromatic rings.